The third-order valence-electron chi connectivity index (χ3n) is 3.55. The summed E-state index contributed by atoms with van der Waals surface area (Å²) in [5.74, 6) is 0.449. The summed E-state index contributed by atoms with van der Waals surface area (Å²) in [6, 6.07) is 3.42. The van der Waals surface area contributed by atoms with Crippen molar-refractivity contribution in [3.05, 3.63) is 23.9 Å². The highest BCUT2D eigenvalue weighted by Gasteiger charge is 2.40. The number of anilines is 1. The van der Waals surface area contributed by atoms with Gasteiger partial charge in [0.2, 0.25) is 5.91 Å². The SMILES string of the molecule is CN(C)c1cc(C(=O)N2CCNC(=O)C2(C)C)ccn1. The fraction of sp³-hybridized carbons (Fsp3) is 0.500. The Balaban J connectivity index is 2.31. The summed E-state index contributed by atoms with van der Waals surface area (Å²) in [6.45, 7) is 4.51. The fourth-order valence-electron chi connectivity index (χ4n) is 2.21. The molecule has 1 aliphatic rings. The molecule has 0 saturated carbocycles. The molecule has 1 saturated heterocycles. The topological polar surface area (TPSA) is 65.5 Å². The van der Waals surface area contributed by atoms with Crippen LogP contribution in [0.1, 0.15) is 24.2 Å². The smallest absolute Gasteiger partial charge is 0.254 e. The van der Waals surface area contributed by atoms with E-state index in [1.165, 1.54) is 0 Å². The Kier molecular flexibility index (Phi) is 3.65. The van der Waals surface area contributed by atoms with Crippen LogP contribution in [0.5, 0.6) is 0 Å². The van der Waals surface area contributed by atoms with E-state index in [-0.39, 0.29) is 11.8 Å². The molecule has 2 rings (SSSR count). The molecule has 1 N–H and O–H groups in total. The van der Waals surface area contributed by atoms with Crippen molar-refractivity contribution >= 4 is 17.6 Å². The Morgan fingerprint density at radius 1 is 1.45 bits per heavy atom. The van der Waals surface area contributed by atoms with E-state index in [0.29, 0.717) is 18.7 Å². The average molecular weight is 276 g/mol. The molecule has 108 valence electrons. The van der Waals surface area contributed by atoms with E-state index in [9.17, 15) is 9.59 Å². The molecule has 0 aliphatic carbocycles. The predicted molar refractivity (Wildman–Crippen MR) is 76.7 cm³/mol. The van der Waals surface area contributed by atoms with Crippen LogP contribution in [0.3, 0.4) is 0 Å². The Bertz CT molecular complexity index is 540. The fourth-order valence-corrected chi connectivity index (χ4v) is 2.21. The van der Waals surface area contributed by atoms with E-state index in [1.807, 2.05) is 19.0 Å². The third-order valence-corrected chi connectivity index (χ3v) is 3.55. The second kappa shape index (κ2) is 5.11. The van der Waals surface area contributed by atoms with Gasteiger partial charge in [0.05, 0.1) is 0 Å². The molecule has 2 amide bonds. The van der Waals surface area contributed by atoms with Crippen molar-refractivity contribution in [1.82, 2.24) is 15.2 Å². The highest BCUT2D eigenvalue weighted by molar-refractivity contribution is 6.00. The summed E-state index contributed by atoms with van der Waals surface area (Å²) >= 11 is 0. The Morgan fingerprint density at radius 2 is 2.15 bits per heavy atom. The first-order valence-electron chi connectivity index (χ1n) is 6.57. The van der Waals surface area contributed by atoms with E-state index in [1.54, 1.807) is 37.1 Å². The summed E-state index contributed by atoms with van der Waals surface area (Å²) in [6.07, 6.45) is 1.61. The number of hydrogen-bond donors (Lipinski definition) is 1. The van der Waals surface area contributed by atoms with Crippen molar-refractivity contribution in [2.45, 2.75) is 19.4 Å². The molecular formula is C14H20N4O2. The first-order valence-corrected chi connectivity index (χ1v) is 6.57. The van der Waals surface area contributed by atoms with Gasteiger partial charge in [-0.2, -0.15) is 0 Å². The summed E-state index contributed by atoms with van der Waals surface area (Å²) in [5.41, 5.74) is -0.289. The van der Waals surface area contributed by atoms with Gasteiger partial charge in [-0.05, 0) is 26.0 Å². The number of aromatic nitrogens is 1. The molecule has 6 nitrogen and oxygen atoms in total. The number of nitrogens with one attached hydrogen (secondary N) is 1. The number of amides is 2. The van der Waals surface area contributed by atoms with Crippen molar-refractivity contribution in [3.8, 4) is 0 Å². The molecule has 0 radical (unpaired) electrons. The van der Waals surface area contributed by atoms with Gasteiger partial charge >= 0.3 is 0 Å². The van der Waals surface area contributed by atoms with Gasteiger partial charge in [0.1, 0.15) is 11.4 Å². The molecule has 2 heterocycles. The highest BCUT2D eigenvalue weighted by atomic mass is 16.2. The number of rotatable bonds is 2. The van der Waals surface area contributed by atoms with E-state index < -0.39 is 5.54 Å². The first-order chi connectivity index (χ1) is 9.34. The number of hydrogen-bond acceptors (Lipinski definition) is 4. The number of piperazine rings is 1. The lowest BCUT2D eigenvalue weighted by molar-refractivity contribution is -0.133. The molecule has 0 bridgehead atoms. The largest absolute Gasteiger partial charge is 0.363 e. The van der Waals surface area contributed by atoms with E-state index >= 15 is 0 Å². The lowest BCUT2D eigenvalue weighted by Crippen LogP contribution is -2.63. The number of carbonyl (C=O) groups excluding carboxylic acids is 2. The molecule has 1 aliphatic heterocycles. The van der Waals surface area contributed by atoms with Crippen molar-refractivity contribution in [3.63, 3.8) is 0 Å². The average Bonchev–Trinajstić information content (AvgIpc) is 2.41. The van der Waals surface area contributed by atoms with Gasteiger partial charge in [-0.1, -0.05) is 0 Å². The molecular weight excluding hydrogens is 256 g/mol. The zero-order valence-corrected chi connectivity index (χ0v) is 12.3. The van der Waals surface area contributed by atoms with Crippen LogP contribution >= 0.6 is 0 Å². The minimum absolute atomic E-state index is 0.126. The molecule has 1 aromatic rings. The minimum Gasteiger partial charge on any atom is -0.363 e. The molecule has 0 atom stereocenters. The van der Waals surface area contributed by atoms with Crippen LogP contribution in [0.4, 0.5) is 5.82 Å². The summed E-state index contributed by atoms with van der Waals surface area (Å²) < 4.78 is 0. The Hall–Kier alpha value is -2.11. The maximum atomic E-state index is 12.6. The van der Waals surface area contributed by atoms with Crippen molar-refractivity contribution in [2.24, 2.45) is 0 Å². The van der Waals surface area contributed by atoms with Crippen LogP contribution in [0.2, 0.25) is 0 Å². The van der Waals surface area contributed by atoms with Gasteiger partial charge in [-0.15, -0.1) is 0 Å². The summed E-state index contributed by atoms with van der Waals surface area (Å²) in [7, 11) is 3.74. The van der Waals surface area contributed by atoms with Crippen molar-refractivity contribution < 1.29 is 9.59 Å². The first kappa shape index (κ1) is 14.3. The second-order valence-electron chi connectivity index (χ2n) is 5.57. The summed E-state index contributed by atoms with van der Waals surface area (Å²) in [5, 5.41) is 2.78. The standard InChI is InChI=1S/C14H20N4O2/c1-14(2)13(20)16-7-8-18(14)12(19)10-5-6-15-11(9-10)17(3)4/h5-6,9H,7-8H2,1-4H3,(H,16,20). The molecule has 0 aromatic carbocycles. The lowest BCUT2D eigenvalue weighted by Gasteiger charge is -2.41. The van der Waals surface area contributed by atoms with Crippen LogP contribution < -0.4 is 10.2 Å². The zero-order chi connectivity index (χ0) is 14.9. The van der Waals surface area contributed by atoms with Crippen LogP contribution in [-0.4, -0.2) is 54.4 Å². The van der Waals surface area contributed by atoms with Gasteiger partial charge < -0.3 is 15.1 Å². The monoisotopic (exact) mass is 276 g/mol. The Labute approximate surface area is 118 Å². The van der Waals surface area contributed by atoms with Gasteiger partial charge in [-0.3, -0.25) is 9.59 Å². The van der Waals surface area contributed by atoms with Crippen molar-refractivity contribution in [1.29, 1.82) is 0 Å². The quantitative estimate of drug-likeness (QED) is 0.854. The van der Waals surface area contributed by atoms with E-state index in [4.69, 9.17) is 0 Å². The Morgan fingerprint density at radius 3 is 2.80 bits per heavy atom. The van der Waals surface area contributed by atoms with Crippen LogP contribution in [0, 0.1) is 0 Å². The molecule has 6 heteroatoms. The van der Waals surface area contributed by atoms with Gasteiger partial charge in [0.25, 0.3) is 5.91 Å². The normalized spacial score (nSPS) is 17.6. The number of pyridine rings is 1. The van der Waals surface area contributed by atoms with Crippen LogP contribution in [0.25, 0.3) is 0 Å². The van der Waals surface area contributed by atoms with E-state index in [2.05, 4.69) is 10.3 Å². The number of carbonyl (C=O) groups is 2. The molecule has 1 aromatic heterocycles. The second-order valence-corrected chi connectivity index (χ2v) is 5.57. The molecule has 1 fully saturated rings. The molecule has 20 heavy (non-hydrogen) atoms. The van der Waals surface area contributed by atoms with Crippen molar-refractivity contribution in [2.75, 3.05) is 32.1 Å². The maximum absolute atomic E-state index is 12.6. The number of nitrogens with zero attached hydrogens (tertiary/aromatic N) is 3. The highest BCUT2D eigenvalue weighted by Crippen LogP contribution is 2.21. The zero-order valence-electron chi connectivity index (χ0n) is 12.3. The molecule has 0 spiro atoms. The predicted octanol–water partition coefficient (Wildman–Crippen LogP) is 0.498. The van der Waals surface area contributed by atoms with Gasteiger partial charge in [-0.25, -0.2) is 4.98 Å². The molecule has 0 unspecified atom stereocenters. The minimum atomic E-state index is -0.836. The van der Waals surface area contributed by atoms with Crippen LogP contribution in [0.15, 0.2) is 18.3 Å². The van der Waals surface area contributed by atoms with Crippen LogP contribution in [-0.2, 0) is 4.79 Å². The maximum Gasteiger partial charge on any atom is 0.254 e. The third kappa shape index (κ3) is 2.45. The lowest BCUT2D eigenvalue weighted by atomic mass is 9.97. The van der Waals surface area contributed by atoms with Gasteiger partial charge in [0.15, 0.2) is 0 Å². The summed E-state index contributed by atoms with van der Waals surface area (Å²) in [4.78, 5) is 32.2. The van der Waals surface area contributed by atoms with E-state index in [0.717, 1.165) is 5.82 Å². The van der Waals surface area contributed by atoms with Gasteiger partial charge in [0, 0.05) is 38.9 Å².